The molecule has 5 heteroatoms. The van der Waals surface area contributed by atoms with Crippen molar-refractivity contribution in [3.05, 3.63) is 48.0 Å². The van der Waals surface area contributed by atoms with Gasteiger partial charge in [-0.2, -0.15) is 0 Å². The average Bonchev–Trinajstić information content (AvgIpc) is 2.52. The maximum absolute atomic E-state index is 12.7. The van der Waals surface area contributed by atoms with E-state index < -0.39 is 15.1 Å². The smallest absolute Gasteiger partial charge is 0.254 e. The van der Waals surface area contributed by atoms with Crippen LogP contribution in [0.25, 0.3) is 10.8 Å². The largest absolute Gasteiger partial charge is 0.334 e. The lowest BCUT2D eigenvalue weighted by molar-refractivity contribution is 0.0693. The second-order valence-electron chi connectivity index (χ2n) is 5.87. The molecule has 2 aromatic rings. The Labute approximate surface area is 130 Å². The molecule has 22 heavy (non-hydrogen) atoms. The van der Waals surface area contributed by atoms with Crippen molar-refractivity contribution in [2.45, 2.75) is 25.1 Å². The monoisotopic (exact) mass is 317 g/mol. The van der Waals surface area contributed by atoms with Gasteiger partial charge >= 0.3 is 0 Å². The maximum Gasteiger partial charge on any atom is 0.254 e. The first-order valence-corrected chi connectivity index (χ1v) is 9.13. The van der Waals surface area contributed by atoms with Gasteiger partial charge in [0.1, 0.15) is 0 Å². The summed E-state index contributed by atoms with van der Waals surface area (Å²) in [6, 6.07) is 13.2. The standard InChI is InChI=1S/C17H19NO3S/c1-12-13(2)22(20,21)10-9-18(12)17(19)16-8-7-14-5-3-4-6-15(14)11-16/h3-8,11-13H,9-10H2,1-2H3/t12-,13+/m1/s1. The second kappa shape index (κ2) is 5.39. The lowest BCUT2D eigenvalue weighted by Gasteiger charge is -2.37. The summed E-state index contributed by atoms with van der Waals surface area (Å²) in [5.74, 6) is -0.0577. The number of hydrogen-bond donors (Lipinski definition) is 0. The molecule has 116 valence electrons. The van der Waals surface area contributed by atoms with Gasteiger partial charge in [0, 0.05) is 18.2 Å². The zero-order chi connectivity index (χ0) is 15.9. The van der Waals surface area contributed by atoms with Crippen LogP contribution >= 0.6 is 0 Å². The molecule has 0 aromatic heterocycles. The van der Waals surface area contributed by atoms with Crippen LogP contribution in [-0.4, -0.2) is 42.8 Å². The molecular weight excluding hydrogens is 298 g/mol. The third-order valence-corrected chi connectivity index (χ3v) is 6.89. The van der Waals surface area contributed by atoms with Gasteiger partial charge in [0.25, 0.3) is 5.91 Å². The van der Waals surface area contributed by atoms with Crippen molar-refractivity contribution in [3.63, 3.8) is 0 Å². The van der Waals surface area contributed by atoms with Crippen LogP contribution in [0.4, 0.5) is 0 Å². The highest BCUT2D eigenvalue weighted by Crippen LogP contribution is 2.23. The second-order valence-corrected chi connectivity index (χ2v) is 8.35. The lowest BCUT2D eigenvalue weighted by atomic mass is 10.1. The molecule has 0 spiro atoms. The average molecular weight is 317 g/mol. The van der Waals surface area contributed by atoms with E-state index in [4.69, 9.17) is 0 Å². The number of carbonyl (C=O) groups is 1. The van der Waals surface area contributed by atoms with Crippen molar-refractivity contribution in [3.8, 4) is 0 Å². The predicted molar refractivity (Wildman–Crippen MR) is 87.7 cm³/mol. The van der Waals surface area contributed by atoms with E-state index in [0.717, 1.165) is 10.8 Å². The van der Waals surface area contributed by atoms with E-state index in [9.17, 15) is 13.2 Å². The van der Waals surface area contributed by atoms with E-state index in [0.29, 0.717) is 5.56 Å². The third kappa shape index (κ3) is 2.50. The molecule has 0 aliphatic carbocycles. The number of rotatable bonds is 1. The van der Waals surface area contributed by atoms with Crippen molar-refractivity contribution >= 4 is 26.5 Å². The van der Waals surface area contributed by atoms with E-state index in [1.807, 2.05) is 42.5 Å². The summed E-state index contributed by atoms with van der Waals surface area (Å²) in [7, 11) is -3.09. The highest BCUT2D eigenvalue weighted by atomic mass is 32.2. The fraction of sp³-hybridized carbons (Fsp3) is 0.353. The first kappa shape index (κ1) is 15.0. The van der Waals surface area contributed by atoms with Crippen LogP contribution in [0.15, 0.2) is 42.5 Å². The van der Waals surface area contributed by atoms with Crippen molar-refractivity contribution in [2.75, 3.05) is 12.3 Å². The van der Waals surface area contributed by atoms with Crippen molar-refractivity contribution in [1.29, 1.82) is 0 Å². The van der Waals surface area contributed by atoms with Gasteiger partial charge in [0.05, 0.1) is 11.0 Å². The van der Waals surface area contributed by atoms with Crippen LogP contribution in [0.2, 0.25) is 0 Å². The Balaban J connectivity index is 1.92. The Hall–Kier alpha value is -1.88. The minimum Gasteiger partial charge on any atom is -0.334 e. The third-order valence-electron chi connectivity index (χ3n) is 4.61. The molecule has 1 amide bonds. The van der Waals surface area contributed by atoms with Gasteiger partial charge in [-0.15, -0.1) is 0 Å². The van der Waals surface area contributed by atoms with Gasteiger partial charge < -0.3 is 4.90 Å². The number of sulfone groups is 1. The molecule has 1 aliphatic rings. The summed E-state index contributed by atoms with van der Waals surface area (Å²) in [6.45, 7) is 3.75. The molecule has 1 saturated heterocycles. The molecule has 1 fully saturated rings. The summed E-state index contributed by atoms with van der Waals surface area (Å²) < 4.78 is 23.9. The normalized spacial score (nSPS) is 24.4. The van der Waals surface area contributed by atoms with Crippen molar-refractivity contribution in [2.24, 2.45) is 0 Å². The molecular formula is C17H19NO3S. The Kier molecular flexibility index (Phi) is 3.68. The zero-order valence-electron chi connectivity index (χ0n) is 12.7. The molecule has 3 rings (SSSR count). The molecule has 0 radical (unpaired) electrons. The molecule has 2 atom stereocenters. The molecule has 0 bridgehead atoms. The topological polar surface area (TPSA) is 54.5 Å². The van der Waals surface area contributed by atoms with E-state index in [1.54, 1.807) is 18.7 Å². The van der Waals surface area contributed by atoms with Crippen LogP contribution in [-0.2, 0) is 9.84 Å². The van der Waals surface area contributed by atoms with E-state index in [2.05, 4.69) is 0 Å². The van der Waals surface area contributed by atoms with Crippen molar-refractivity contribution < 1.29 is 13.2 Å². The maximum atomic E-state index is 12.7. The van der Waals surface area contributed by atoms with Gasteiger partial charge in [-0.1, -0.05) is 30.3 Å². The lowest BCUT2D eigenvalue weighted by Crippen LogP contribution is -2.54. The van der Waals surface area contributed by atoms with Crippen LogP contribution in [0.1, 0.15) is 24.2 Å². The van der Waals surface area contributed by atoms with Crippen LogP contribution in [0.3, 0.4) is 0 Å². The summed E-state index contributed by atoms with van der Waals surface area (Å²) in [5.41, 5.74) is 0.608. The number of hydrogen-bond acceptors (Lipinski definition) is 3. The Morgan fingerprint density at radius 1 is 1.09 bits per heavy atom. The highest BCUT2D eigenvalue weighted by Gasteiger charge is 2.38. The van der Waals surface area contributed by atoms with E-state index in [1.165, 1.54) is 0 Å². The molecule has 0 N–H and O–H groups in total. The van der Waals surface area contributed by atoms with E-state index >= 15 is 0 Å². The number of nitrogens with zero attached hydrogens (tertiary/aromatic N) is 1. The minimum absolute atomic E-state index is 0.0395. The molecule has 2 aromatic carbocycles. The number of amides is 1. The van der Waals surface area contributed by atoms with Crippen LogP contribution in [0, 0.1) is 0 Å². The van der Waals surface area contributed by atoms with Gasteiger partial charge in [-0.25, -0.2) is 8.42 Å². The minimum atomic E-state index is -3.09. The van der Waals surface area contributed by atoms with Crippen LogP contribution < -0.4 is 0 Å². The first-order valence-electron chi connectivity index (χ1n) is 7.41. The zero-order valence-corrected chi connectivity index (χ0v) is 13.5. The molecule has 1 aliphatic heterocycles. The molecule has 4 nitrogen and oxygen atoms in total. The van der Waals surface area contributed by atoms with E-state index in [-0.39, 0.29) is 24.2 Å². The van der Waals surface area contributed by atoms with Gasteiger partial charge in [0.15, 0.2) is 9.84 Å². The summed E-state index contributed by atoms with van der Waals surface area (Å²) >= 11 is 0. The Morgan fingerprint density at radius 3 is 2.50 bits per heavy atom. The molecule has 1 heterocycles. The number of benzene rings is 2. The molecule has 0 unspecified atom stereocenters. The van der Waals surface area contributed by atoms with Gasteiger partial charge in [-0.3, -0.25) is 4.79 Å². The summed E-state index contributed by atoms with van der Waals surface area (Å²) in [4.78, 5) is 14.4. The summed E-state index contributed by atoms with van der Waals surface area (Å²) in [6.07, 6.45) is 0. The van der Waals surface area contributed by atoms with Gasteiger partial charge in [-0.05, 0) is 36.8 Å². The fourth-order valence-electron chi connectivity index (χ4n) is 2.94. The Morgan fingerprint density at radius 2 is 1.77 bits per heavy atom. The van der Waals surface area contributed by atoms with Crippen molar-refractivity contribution in [1.82, 2.24) is 4.90 Å². The molecule has 0 saturated carbocycles. The number of fused-ring (bicyclic) bond motifs is 1. The van der Waals surface area contributed by atoms with Gasteiger partial charge in [0.2, 0.25) is 0 Å². The first-order chi connectivity index (χ1) is 10.4. The SMILES string of the molecule is C[C@@H]1[C@H](C)S(=O)(=O)CCN1C(=O)c1ccc2ccccc2c1. The number of carbonyl (C=O) groups excluding carboxylic acids is 1. The predicted octanol–water partition coefficient (Wildman–Crippen LogP) is 2.49. The van der Waals surface area contributed by atoms with Crippen LogP contribution in [0.5, 0.6) is 0 Å². The summed E-state index contributed by atoms with van der Waals surface area (Å²) in [5, 5.41) is 1.58. The quantitative estimate of drug-likeness (QED) is 0.812. The Bertz CT molecular complexity index is 829. The fourth-order valence-corrected chi connectivity index (χ4v) is 4.51. The highest BCUT2D eigenvalue weighted by molar-refractivity contribution is 7.92.